The quantitative estimate of drug-likeness (QED) is 0.186. The number of nitrogens with one attached hydrogen (secondary N) is 2. The number of benzene rings is 2. The third-order valence-corrected chi connectivity index (χ3v) is 11.1. The van der Waals surface area contributed by atoms with E-state index < -0.39 is 48.2 Å². The van der Waals surface area contributed by atoms with Gasteiger partial charge >= 0.3 is 18.1 Å². The third-order valence-electron chi connectivity index (χ3n) is 11.1. The number of carbonyl (C=O) groups excluding carboxylic acids is 3. The average molecular weight is 955 g/mol. The minimum Gasteiger partial charge on any atom is -0.507 e. The van der Waals surface area contributed by atoms with Gasteiger partial charge in [-0.25, -0.2) is 0 Å². The number of hydrogen-bond acceptors (Lipinski definition) is 10. The summed E-state index contributed by atoms with van der Waals surface area (Å²) in [5, 5.41) is 26.9. The molecule has 283 valence electrons. The molecule has 4 aliphatic rings. The molecule has 0 saturated carbocycles. The van der Waals surface area contributed by atoms with Crippen LogP contribution in [0.5, 0.6) is 23.0 Å². The fraction of sp³-hybridized carbons (Fsp3) is 0.568. The number of aryl methyl sites for hydroxylation is 1. The fourth-order valence-electron chi connectivity index (χ4n) is 8.40. The van der Waals surface area contributed by atoms with E-state index in [9.17, 15) is 37.9 Å². The van der Waals surface area contributed by atoms with Gasteiger partial charge in [-0.15, -0.1) is 0 Å². The van der Waals surface area contributed by atoms with Crippen LogP contribution >= 0.6 is 0 Å². The van der Waals surface area contributed by atoms with Crippen LogP contribution in [0.1, 0.15) is 90.6 Å². The number of phenolic OH excluding ortho intramolecular Hbond substituents is 1. The standard InChI is InChI=1S/C37H44F3N5O7.Ac/c1-7-8-9-10-27(46)52-32-18(3)17(2)11-21-12-23-25(14-41)45-24(30(28(21)32)44(23)6)13-22-29(34-33(50-16-51-34)19(4)31(22)47)26(45)15-42-35(48)20(5)43-36(49)37(38,39)40;/h11,20,23-26,30,47H,7-10,12-13,15-16H2,1-6H3,(H,42,48)(H,43,49);/t20-,23-,24?,25-,26-,30-;/m0./s1. The summed E-state index contributed by atoms with van der Waals surface area (Å²) in [6.45, 7) is 8.46. The Labute approximate surface area is 342 Å². The van der Waals surface area contributed by atoms with Crippen molar-refractivity contribution >= 4 is 17.8 Å². The molecule has 53 heavy (non-hydrogen) atoms. The van der Waals surface area contributed by atoms with Gasteiger partial charge < -0.3 is 30.0 Å². The van der Waals surface area contributed by atoms with Gasteiger partial charge in [-0.05, 0) is 70.7 Å². The van der Waals surface area contributed by atoms with Gasteiger partial charge in [0.25, 0.3) is 0 Å². The van der Waals surface area contributed by atoms with Crippen LogP contribution in [0.2, 0.25) is 0 Å². The number of rotatable bonds is 9. The number of esters is 1. The average Bonchev–Trinajstić information content (AvgIpc) is 3.58. The van der Waals surface area contributed by atoms with Gasteiger partial charge in [0.1, 0.15) is 23.6 Å². The van der Waals surface area contributed by atoms with Crippen LogP contribution in [0.3, 0.4) is 0 Å². The van der Waals surface area contributed by atoms with Crippen LogP contribution in [0.4, 0.5) is 13.2 Å². The number of halogens is 3. The maximum Gasteiger partial charge on any atom is 0.471 e. The molecule has 3 N–H and O–H groups in total. The first kappa shape index (κ1) is 41.1. The maximum atomic E-state index is 13.2. The first-order valence-corrected chi connectivity index (χ1v) is 17.6. The van der Waals surface area contributed by atoms with Crippen molar-refractivity contribution in [1.29, 1.82) is 5.26 Å². The number of piperazine rings is 1. The number of ether oxygens (including phenoxy) is 3. The molecule has 16 heteroatoms. The Balaban J connectivity index is 0.00000541. The van der Waals surface area contributed by atoms with E-state index in [1.54, 1.807) is 12.2 Å². The molecular formula is C37H44AcF3N5O7. The van der Waals surface area contributed by atoms with Gasteiger partial charge in [0.2, 0.25) is 12.7 Å². The zero-order valence-corrected chi connectivity index (χ0v) is 35.4. The summed E-state index contributed by atoms with van der Waals surface area (Å²) < 4.78 is 56.8. The molecule has 12 nitrogen and oxygen atoms in total. The summed E-state index contributed by atoms with van der Waals surface area (Å²) in [6, 6.07) is 0.199. The molecular weight excluding hydrogens is 910 g/mol. The fourth-order valence-corrected chi connectivity index (χ4v) is 8.40. The molecule has 1 radical (unpaired) electrons. The molecule has 2 aromatic rings. The van der Waals surface area contributed by atoms with E-state index >= 15 is 0 Å². The molecule has 4 heterocycles. The number of alkyl halides is 3. The number of carbonyl (C=O) groups is 3. The summed E-state index contributed by atoms with van der Waals surface area (Å²) in [5.74, 6) is -2.31. The first-order chi connectivity index (χ1) is 24.6. The van der Waals surface area contributed by atoms with Crippen molar-refractivity contribution in [3.63, 3.8) is 0 Å². The van der Waals surface area contributed by atoms with Crippen LogP contribution in [0.25, 0.3) is 0 Å². The Bertz CT molecular complexity index is 1850. The van der Waals surface area contributed by atoms with Crippen molar-refractivity contribution in [3.8, 4) is 29.1 Å². The van der Waals surface area contributed by atoms with E-state index in [4.69, 9.17) is 14.2 Å². The zero-order chi connectivity index (χ0) is 37.8. The Morgan fingerprint density at radius 3 is 2.45 bits per heavy atom. The topological polar surface area (TPSA) is 153 Å². The smallest absolute Gasteiger partial charge is 0.471 e. The molecule has 0 aromatic heterocycles. The maximum absolute atomic E-state index is 13.2. The summed E-state index contributed by atoms with van der Waals surface area (Å²) in [6.07, 6.45) is -1.66. The van der Waals surface area contributed by atoms with Crippen LogP contribution in [0, 0.1) is 76.2 Å². The number of nitrogens with zero attached hydrogens (tertiary/aromatic N) is 3. The Morgan fingerprint density at radius 1 is 1.09 bits per heavy atom. The van der Waals surface area contributed by atoms with E-state index in [1.165, 1.54) is 0 Å². The van der Waals surface area contributed by atoms with Crippen LogP contribution in [-0.2, 0) is 27.2 Å². The van der Waals surface area contributed by atoms with Crippen molar-refractivity contribution in [1.82, 2.24) is 20.4 Å². The Kier molecular flexibility index (Phi) is 12.3. The van der Waals surface area contributed by atoms with E-state index in [-0.39, 0.29) is 88.0 Å². The van der Waals surface area contributed by atoms with E-state index in [0.29, 0.717) is 46.8 Å². The molecule has 2 amide bonds. The van der Waals surface area contributed by atoms with Gasteiger partial charge in [0, 0.05) is 91.4 Å². The Hall–Kier alpha value is -3.11. The number of likely N-dealkylation sites (N-methyl/N-ethyl adjacent to an activating group) is 1. The second-order valence-corrected chi connectivity index (χ2v) is 14.2. The summed E-state index contributed by atoms with van der Waals surface area (Å²) in [4.78, 5) is 42.2. The summed E-state index contributed by atoms with van der Waals surface area (Å²) >= 11 is 0. The SMILES string of the molecule is CCCCCC(=O)Oc1c(C)c(C)cc2c1[C@@H]1C3Cc4c(O)c(C)c5c(c4[C@H](CNC(=O)[C@H](C)NC(=O)C(F)(F)F)N3[C@@H](C#N)[C@H](C2)N1C)OCO5.[Ac]. The van der Waals surface area contributed by atoms with E-state index in [1.807, 2.05) is 25.8 Å². The number of fused-ring (bicyclic) bond motifs is 9. The zero-order valence-electron chi connectivity index (χ0n) is 30.6. The van der Waals surface area contributed by atoms with Crippen molar-refractivity contribution in [2.75, 3.05) is 20.4 Å². The minimum atomic E-state index is -5.18. The monoisotopic (exact) mass is 954 g/mol. The van der Waals surface area contributed by atoms with Crippen LogP contribution in [0.15, 0.2) is 6.07 Å². The number of amides is 2. The van der Waals surface area contributed by atoms with E-state index in [0.717, 1.165) is 42.0 Å². The molecule has 6 rings (SSSR count). The second-order valence-electron chi connectivity index (χ2n) is 14.2. The molecule has 1 fully saturated rings. The second kappa shape index (κ2) is 15.9. The molecule has 0 spiro atoms. The van der Waals surface area contributed by atoms with Gasteiger partial charge in [-0.3, -0.25) is 24.2 Å². The molecule has 1 saturated heterocycles. The van der Waals surface area contributed by atoms with Gasteiger partial charge in [-0.1, -0.05) is 25.8 Å². The molecule has 2 aromatic carbocycles. The third kappa shape index (κ3) is 7.36. The van der Waals surface area contributed by atoms with Crippen molar-refractivity contribution in [2.24, 2.45) is 0 Å². The van der Waals surface area contributed by atoms with Crippen LogP contribution in [-0.4, -0.2) is 83.4 Å². The number of aromatic hydroxyl groups is 1. The number of unbranched alkanes of at least 4 members (excludes halogenated alkanes) is 2. The molecule has 2 bridgehead atoms. The van der Waals surface area contributed by atoms with Crippen molar-refractivity contribution < 1.29 is 90.9 Å². The van der Waals surface area contributed by atoms with Crippen molar-refractivity contribution in [3.05, 3.63) is 45.0 Å². The van der Waals surface area contributed by atoms with E-state index in [2.05, 4.69) is 29.3 Å². The number of nitriles is 1. The Morgan fingerprint density at radius 2 is 1.79 bits per heavy atom. The normalized spacial score (nSPS) is 23.4. The molecule has 0 aliphatic carbocycles. The molecule has 1 unspecified atom stereocenters. The largest absolute Gasteiger partial charge is 0.507 e. The number of phenols is 1. The van der Waals surface area contributed by atoms with Gasteiger partial charge in [0.05, 0.1) is 18.2 Å². The number of hydrogen-bond donors (Lipinski definition) is 3. The summed E-state index contributed by atoms with van der Waals surface area (Å²) in [7, 11) is 1.93. The summed E-state index contributed by atoms with van der Waals surface area (Å²) in [5.41, 5.74) is 5.04. The minimum absolute atomic E-state index is 0. The van der Waals surface area contributed by atoms with Crippen molar-refractivity contribution in [2.45, 2.75) is 116 Å². The predicted molar refractivity (Wildman–Crippen MR) is 181 cm³/mol. The van der Waals surface area contributed by atoms with Gasteiger partial charge in [0.15, 0.2) is 11.5 Å². The predicted octanol–water partition coefficient (Wildman–Crippen LogP) is 4.49. The molecule has 4 aliphatic heterocycles. The molecule has 6 atom stereocenters. The first-order valence-electron chi connectivity index (χ1n) is 17.6. The van der Waals surface area contributed by atoms with Crippen LogP contribution < -0.4 is 24.8 Å². The van der Waals surface area contributed by atoms with Gasteiger partial charge in [-0.2, -0.15) is 18.4 Å².